The van der Waals surface area contributed by atoms with Crippen LogP contribution in [0.15, 0.2) is 48.5 Å². The maximum absolute atomic E-state index is 12.1. The lowest BCUT2D eigenvalue weighted by molar-refractivity contribution is -0.00522. The number of rotatable bonds is 7. The number of aryl methyl sites for hydroxylation is 2. The summed E-state index contributed by atoms with van der Waals surface area (Å²) >= 11 is 0. The lowest BCUT2D eigenvalue weighted by atomic mass is 10.0. The molecule has 1 aliphatic heterocycles. The monoisotopic (exact) mass is 415 g/mol. The Bertz CT molecular complexity index is 896. The minimum atomic E-state index is -3.06. The number of morpholine rings is 1. The van der Waals surface area contributed by atoms with Crippen LogP contribution in [0, 0.1) is 0 Å². The molecule has 4 nitrogen and oxygen atoms in total. The number of hydrogen-bond acceptors (Lipinski definition) is 4. The minimum absolute atomic E-state index is 0.114. The number of sulfone groups is 1. The van der Waals surface area contributed by atoms with Gasteiger partial charge < -0.3 is 9.64 Å². The maximum atomic E-state index is 12.1. The molecule has 1 aliphatic rings. The van der Waals surface area contributed by atoms with Gasteiger partial charge in [-0.05, 0) is 69.4 Å². The van der Waals surface area contributed by atoms with E-state index in [2.05, 4.69) is 55.1 Å². The van der Waals surface area contributed by atoms with Gasteiger partial charge in [-0.25, -0.2) is 8.42 Å². The smallest absolute Gasteiger partial charge is 0.156 e. The lowest BCUT2D eigenvalue weighted by Crippen LogP contribution is -2.45. The number of nitrogens with zero attached hydrogens (tertiary/aromatic N) is 1. The summed E-state index contributed by atoms with van der Waals surface area (Å²) in [5.41, 5.74) is 4.68. The Labute approximate surface area is 175 Å². The molecule has 2 aromatic rings. The molecule has 0 bridgehead atoms. The van der Waals surface area contributed by atoms with E-state index in [1.807, 2.05) is 12.1 Å². The molecule has 1 saturated heterocycles. The summed E-state index contributed by atoms with van der Waals surface area (Å²) in [6.45, 7) is 9.57. The van der Waals surface area contributed by atoms with E-state index in [0.29, 0.717) is 0 Å². The van der Waals surface area contributed by atoms with Gasteiger partial charge in [0.2, 0.25) is 0 Å². The van der Waals surface area contributed by atoms with Crippen molar-refractivity contribution in [3.8, 4) is 0 Å². The van der Waals surface area contributed by atoms with Crippen LogP contribution in [-0.4, -0.2) is 39.0 Å². The molecule has 5 heteroatoms. The summed E-state index contributed by atoms with van der Waals surface area (Å²) in [7, 11) is -3.06. The fourth-order valence-corrected chi connectivity index (χ4v) is 4.78. The van der Waals surface area contributed by atoms with E-state index >= 15 is 0 Å². The van der Waals surface area contributed by atoms with Gasteiger partial charge >= 0.3 is 0 Å². The number of anilines is 1. The van der Waals surface area contributed by atoms with Crippen molar-refractivity contribution in [3.63, 3.8) is 0 Å². The van der Waals surface area contributed by atoms with Crippen LogP contribution in [0.2, 0.25) is 0 Å². The first kappa shape index (κ1) is 21.8. The zero-order valence-corrected chi connectivity index (χ0v) is 18.8. The molecule has 1 heterocycles. The lowest BCUT2D eigenvalue weighted by Gasteiger charge is -2.37. The first-order valence-corrected chi connectivity index (χ1v) is 12.2. The highest BCUT2D eigenvalue weighted by molar-refractivity contribution is 7.91. The van der Waals surface area contributed by atoms with E-state index in [1.165, 1.54) is 16.8 Å². The van der Waals surface area contributed by atoms with Gasteiger partial charge in [0.25, 0.3) is 0 Å². The number of hydrogen-bond donors (Lipinski definition) is 0. The van der Waals surface area contributed by atoms with Crippen molar-refractivity contribution in [3.05, 3.63) is 65.2 Å². The average Bonchev–Trinajstić information content (AvgIpc) is 2.66. The van der Waals surface area contributed by atoms with Crippen LogP contribution >= 0.6 is 0 Å². The van der Waals surface area contributed by atoms with Gasteiger partial charge in [0, 0.05) is 18.8 Å². The molecule has 0 aromatic heterocycles. The standard InChI is InChI=1S/C24H33NO3S/c1-18(2)29(26,27)17-23-12-9-21(10-13-23)8-11-22-6-5-7-24(14-22)25-15-19(3)28-20(4)16-25/h5-7,9-10,12-14,18-20H,8,11,15-17H2,1-4H3/t19-,20+. The number of ether oxygens (including phenoxy) is 1. The fraction of sp³-hybridized carbons (Fsp3) is 0.500. The molecule has 158 valence electrons. The Kier molecular flexibility index (Phi) is 7.01. The average molecular weight is 416 g/mol. The topological polar surface area (TPSA) is 46.6 Å². The quantitative estimate of drug-likeness (QED) is 0.672. The van der Waals surface area contributed by atoms with E-state index < -0.39 is 9.84 Å². The Hall–Kier alpha value is -1.85. The Balaban J connectivity index is 1.60. The fourth-order valence-electron chi connectivity index (χ4n) is 3.79. The Morgan fingerprint density at radius 3 is 2.14 bits per heavy atom. The normalized spacial score (nSPS) is 20.2. The Morgan fingerprint density at radius 1 is 0.931 bits per heavy atom. The van der Waals surface area contributed by atoms with Crippen molar-refractivity contribution in [2.45, 2.75) is 63.7 Å². The van der Waals surface area contributed by atoms with E-state index in [0.717, 1.165) is 31.5 Å². The SMILES string of the molecule is CC(C)S(=O)(=O)Cc1ccc(CCc2cccc(N3C[C@@H](C)O[C@@H](C)C3)c2)cc1. The third-order valence-corrected chi connectivity index (χ3v) is 7.68. The van der Waals surface area contributed by atoms with Gasteiger partial charge in [-0.3, -0.25) is 0 Å². The van der Waals surface area contributed by atoms with Gasteiger partial charge in [0.1, 0.15) is 0 Å². The molecule has 1 fully saturated rings. The van der Waals surface area contributed by atoms with Crippen LogP contribution in [-0.2, 0) is 33.2 Å². The van der Waals surface area contributed by atoms with Crippen molar-refractivity contribution in [1.82, 2.24) is 0 Å². The molecule has 3 rings (SSSR count). The second-order valence-corrected chi connectivity index (χ2v) is 11.1. The maximum Gasteiger partial charge on any atom is 0.156 e. The second kappa shape index (κ2) is 9.31. The molecule has 0 spiro atoms. The van der Waals surface area contributed by atoms with Crippen LogP contribution in [0.25, 0.3) is 0 Å². The first-order valence-electron chi connectivity index (χ1n) is 10.5. The highest BCUT2D eigenvalue weighted by Gasteiger charge is 2.22. The summed E-state index contributed by atoms with van der Waals surface area (Å²) in [5, 5.41) is -0.341. The molecule has 0 N–H and O–H groups in total. The largest absolute Gasteiger partial charge is 0.372 e. The van der Waals surface area contributed by atoms with Crippen LogP contribution < -0.4 is 4.90 Å². The van der Waals surface area contributed by atoms with E-state index in [9.17, 15) is 8.42 Å². The van der Waals surface area contributed by atoms with Gasteiger partial charge in [-0.15, -0.1) is 0 Å². The molecule has 2 aromatic carbocycles. The molecule has 0 radical (unpaired) electrons. The second-order valence-electron chi connectivity index (χ2n) is 8.50. The highest BCUT2D eigenvalue weighted by Crippen LogP contribution is 2.22. The first-order chi connectivity index (χ1) is 13.7. The van der Waals surface area contributed by atoms with Crippen molar-refractivity contribution >= 4 is 15.5 Å². The summed E-state index contributed by atoms with van der Waals surface area (Å²) < 4.78 is 30.0. The molecular formula is C24H33NO3S. The molecule has 0 saturated carbocycles. The van der Waals surface area contributed by atoms with Crippen molar-refractivity contribution in [1.29, 1.82) is 0 Å². The van der Waals surface area contributed by atoms with Crippen LogP contribution in [0.3, 0.4) is 0 Å². The molecule has 0 aliphatic carbocycles. The van der Waals surface area contributed by atoms with E-state index in [1.54, 1.807) is 13.8 Å². The summed E-state index contributed by atoms with van der Waals surface area (Å²) in [5.74, 6) is 0.114. The molecular weight excluding hydrogens is 382 g/mol. The van der Waals surface area contributed by atoms with Crippen molar-refractivity contribution < 1.29 is 13.2 Å². The molecule has 2 atom stereocenters. The van der Waals surface area contributed by atoms with Gasteiger partial charge in [0.05, 0.1) is 23.2 Å². The number of benzene rings is 2. The van der Waals surface area contributed by atoms with E-state index in [4.69, 9.17) is 4.74 Å². The van der Waals surface area contributed by atoms with Crippen LogP contribution in [0.1, 0.15) is 44.4 Å². The Morgan fingerprint density at radius 2 is 1.52 bits per heavy atom. The third kappa shape index (κ3) is 6.06. The van der Waals surface area contributed by atoms with Gasteiger partial charge in [0.15, 0.2) is 9.84 Å². The summed E-state index contributed by atoms with van der Waals surface area (Å²) in [6, 6.07) is 16.8. The summed E-state index contributed by atoms with van der Waals surface area (Å²) in [4.78, 5) is 2.41. The molecule has 0 amide bonds. The highest BCUT2D eigenvalue weighted by atomic mass is 32.2. The van der Waals surface area contributed by atoms with Crippen LogP contribution in [0.5, 0.6) is 0 Å². The van der Waals surface area contributed by atoms with Gasteiger partial charge in [-0.1, -0.05) is 36.4 Å². The van der Waals surface area contributed by atoms with Crippen molar-refractivity contribution in [2.75, 3.05) is 18.0 Å². The van der Waals surface area contributed by atoms with Gasteiger partial charge in [-0.2, -0.15) is 0 Å². The minimum Gasteiger partial charge on any atom is -0.372 e. The van der Waals surface area contributed by atoms with Crippen LogP contribution in [0.4, 0.5) is 5.69 Å². The third-order valence-electron chi connectivity index (χ3n) is 5.51. The predicted octanol–water partition coefficient (Wildman–Crippen LogP) is 4.41. The zero-order chi connectivity index (χ0) is 21.0. The van der Waals surface area contributed by atoms with Crippen molar-refractivity contribution in [2.24, 2.45) is 0 Å². The predicted molar refractivity (Wildman–Crippen MR) is 120 cm³/mol. The molecule has 0 unspecified atom stereocenters. The molecule has 29 heavy (non-hydrogen) atoms. The zero-order valence-electron chi connectivity index (χ0n) is 18.0. The van der Waals surface area contributed by atoms with E-state index in [-0.39, 0.29) is 23.2 Å². The summed E-state index contributed by atoms with van der Waals surface area (Å²) in [6.07, 6.45) is 2.41.